The van der Waals surface area contributed by atoms with Crippen molar-refractivity contribution in [3.63, 3.8) is 0 Å². The number of aromatic hydroxyl groups is 1. The Bertz CT molecular complexity index is 1720. The number of aliphatic hydroxyl groups is 1. The number of aliphatic hydroxyl groups excluding tert-OH is 1. The van der Waals surface area contributed by atoms with Gasteiger partial charge in [-0.25, -0.2) is 18.6 Å². The van der Waals surface area contributed by atoms with E-state index in [1.807, 2.05) is 0 Å². The van der Waals surface area contributed by atoms with E-state index >= 15 is 0 Å². The summed E-state index contributed by atoms with van der Waals surface area (Å²) >= 11 is 12.9. The molecular weight excluding hydrogens is 647 g/mol. The van der Waals surface area contributed by atoms with Gasteiger partial charge in [0.25, 0.3) is 17.5 Å². The van der Waals surface area contributed by atoms with Gasteiger partial charge < -0.3 is 20.3 Å². The van der Waals surface area contributed by atoms with E-state index in [1.165, 1.54) is 18.2 Å². The second kappa shape index (κ2) is 13.5. The van der Waals surface area contributed by atoms with Crippen LogP contribution in [0, 0.1) is 5.21 Å². The number of carbonyl (C=O) groups excluding carboxylic acids is 2. The number of benzene rings is 2. The molecule has 2 heterocycles. The highest BCUT2D eigenvalue weighted by Crippen LogP contribution is 2.47. The molecule has 1 saturated carbocycles. The maximum Gasteiger partial charge on any atom is 0.260 e. The van der Waals surface area contributed by atoms with Crippen molar-refractivity contribution in [3.8, 4) is 5.75 Å². The van der Waals surface area contributed by atoms with Crippen LogP contribution < -0.4 is 14.9 Å². The molecule has 0 saturated heterocycles. The van der Waals surface area contributed by atoms with Crippen LogP contribution >= 0.6 is 23.2 Å². The van der Waals surface area contributed by atoms with Gasteiger partial charge in [-0.05, 0) is 48.2 Å². The van der Waals surface area contributed by atoms with Gasteiger partial charge in [-0.1, -0.05) is 60.3 Å². The minimum atomic E-state index is -3.64. The number of halogens is 2. The number of amides is 2. The van der Waals surface area contributed by atoms with Gasteiger partial charge in [-0.3, -0.25) is 14.4 Å². The Kier molecular flexibility index (Phi) is 9.87. The number of carbonyl (C=O) groups is 2. The molecule has 0 unspecified atom stereocenters. The monoisotopic (exact) mass is 678 g/mol. The summed E-state index contributed by atoms with van der Waals surface area (Å²) in [6, 6.07) is 11.7. The van der Waals surface area contributed by atoms with Crippen molar-refractivity contribution >= 4 is 45.0 Å². The molecule has 1 fully saturated rings. The fourth-order valence-corrected chi connectivity index (χ4v) is 7.59. The Morgan fingerprint density at radius 3 is 2.56 bits per heavy atom. The molecule has 2 aromatic carbocycles. The Morgan fingerprint density at radius 2 is 1.84 bits per heavy atom. The second-order valence-corrected chi connectivity index (χ2v) is 13.7. The Morgan fingerprint density at radius 1 is 1.11 bits per heavy atom. The van der Waals surface area contributed by atoms with E-state index in [9.17, 15) is 33.4 Å². The van der Waals surface area contributed by atoms with Gasteiger partial charge in [0.2, 0.25) is 15.7 Å². The van der Waals surface area contributed by atoms with Gasteiger partial charge >= 0.3 is 0 Å². The van der Waals surface area contributed by atoms with Crippen molar-refractivity contribution in [2.24, 2.45) is 0 Å². The lowest BCUT2D eigenvalue weighted by Gasteiger charge is -2.49. The molecule has 45 heavy (non-hydrogen) atoms. The van der Waals surface area contributed by atoms with E-state index in [1.54, 1.807) is 41.3 Å². The average molecular weight is 680 g/mol. The molecule has 0 bridgehead atoms. The van der Waals surface area contributed by atoms with Crippen LogP contribution in [-0.4, -0.2) is 53.7 Å². The third-order valence-electron chi connectivity index (χ3n) is 8.17. The zero-order chi connectivity index (χ0) is 32.5. The lowest BCUT2D eigenvalue weighted by molar-refractivity contribution is -0.627. The van der Waals surface area contributed by atoms with E-state index in [2.05, 4.69) is 10.2 Å². The molecule has 4 atom stereocenters. The maximum atomic E-state index is 14.3. The van der Waals surface area contributed by atoms with Crippen LogP contribution in [0.5, 0.6) is 5.75 Å². The first-order valence-corrected chi connectivity index (χ1v) is 16.9. The van der Waals surface area contributed by atoms with Gasteiger partial charge in [0.15, 0.2) is 12.4 Å². The van der Waals surface area contributed by atoms with Crippen LogP contribution in [0.15, 0.2) is 54.6 Å². The predicted molar refractivity (Wildman–Crippen MR) is 165 cm³/mol. The topological polar surface area (TPSA) is 172 Å². The first kappa shape index (κ1) is 32.9. The van der Waals surface area contributed by atoms with Crippen molar-refractivity contribution in [3.05, 3.63) is 97.9 Å². The lowest BCUT2D eigenvalue weighted by Crippen LogP contribution is -2.59. The van der Waals surface area contributed by atoms with Gasteiger partial charge in [0.05, 0.1) is 18.2 Å². The molecule has 1 aromatic heterocycles. The minimum absolute atomic E-state index is 0.00666. The first-order chi connectivity index (χ1) is 21.4. The molecule has 1 aliphatic heterocycles. The summed E-state index contributed by atoms with van der Waals surface area (Å²) in [5, 5.41) is 32.3. The highest BCUT2D eigenvalue weighted by atomic mass is 35.5. The number of pyridine rings is 1. The number of fused-ring (bicyclic) bond motifs is 1. The number of hydrogen-bond donors (Lipinski definition) is 4. The van der Waals surface area contributed by atoms with Crippen LogP contribution in [-0.2, 0) is 32.9 Å². The molecule has 0 radical (unpaired) electrons. The molecule has 4 N–H and O–H groups in total. The quantitative estimate of drug-likeness (QED) is 0.152. The SMILES string of the molecule is CS(=O)(=O)N[C@H]1CCCC[C@@H]1N1C(=O)c2ccccc2[C@@H](C(=O)NOCc2ccc(O)c(CO)[n+]2[O-])[C@@H]1c1ccc(Cl)cc1Cl. The van der Waals surface area contributed by atoms with Crippen molar-refractivity contribution in [2.45, 2.75) is 62.9 Å². The van der Waals surface area contributed by atoms with E-state index in [4.69, 9.17) is 28.0 Å². The first-order valence-electron chi connectivity index (χ1n) is 14.2. The number of sulfonamides is 1. The summed E-state index contributed by atoms with van der Waals surface area (Å²) in [5.74, 6) is -2.51. The molecule has 12 nitrogen and oxygen atoms in total. The third-order valence-corrected chi connectivity index (χ3v) is 9.46. The van der Waals surface area contributed by atoms with Crippen molar-refractivity contribution in [1.29, 1.82) is 0 Å². The molecule has 0 spiro atoms. The summed E-state index contributed by atoms with van der Waals surface area (Å²) < 4.78 is 27.7. The zero-order valence-corrected chi connectivity index (χ0v) is 26.5. The van der Waals surface area contributed by atoms with Crippen LogP contribution in [0.4, 0.5) is 0 Å². The molecule has 5 rings (SSSR count). The number of nitrogens with one attached hydrogen (secondary N) is 2. The lowest BCUT2D eigenvalue weighted by atomic mass is 9.76. The van der Waals surface area contributed by atoms with E-state index < -0.39 is 58.9 Å². The van der Waals surface area contributed by atoms with Gasteiger partial charge in [0.1, 0.15) is 6.61 Å². The number of nitrogens with zero attached hydrogens (tertiary/aromatic N) is 2. The largest absolute Gasteiger partial charge is 0.618 e. The fraction of sp³-hybridized carbons (Fsp3) is 0.367. The molecular formula is C30H32Cl2N4O8S. The number of hydroxylamine groups is 1. The normalized spacial score (nSPS) is 21.8. The third kappa shape index (κ3) is 6.88. The smallest absolute Gasteiger partial charge is 0.260 e. The van der Waals surface area contributed by atoms with Gasteiger partial charge in [-0.2, -0.15) is 4.73 Å². The molecule has 15 heteroatoms. The summed E-state index contributed by atoms with van der Waals surface area (Å²) in [5.41, 5.74) is 3.24. The van der Waals surface area contributed by atoms with E-state index in [-0.39, 0.29) is 27.9 Å². The predicted octanol–water partition coefficient (Wildman–Crippen LogP) is 3.21. The van der Waals surface area contributed by atoms with Crippen LogP contribution in [0.25, 0.3) is 0 Å². The van der Waals surface area contributed by atoms with Crippen molar-refractivity contribution in [2.75, 3.05) is 6.26 Å². The average Bonchev–Trinajstić information content (AvgIpc) is 2.98. The fourth-order valence-electron chi connectivity index (χ4n) is 6.24. The number of aromatic nitrogens is 1. The maximum absolute atomic E-state index is 14.3. The second-order valence-electron chi connectivity index (χ2n) is 11.1. The summed E-state index contributed by atoms with van der Waals surface area (Å²) in [4.78, 5) is 35.4. The standard InChI is InChI=1S/C30H32Cl2N4O8S/c1-45(42,43)34-23-8-4-5-9-24(23)35-28(21-12-10-17(31)14-22(21)32)27(19-6-2-3-7-20(19)30(35)40)29(39)33-44-16-18-11-13-26(38)25(15-37)36(18)41/h2-3,6-7,10-14,23-24,27-28,34,37-38H,4-5,8-9,15-16H2,1H3,(H,33,39)/t23-,24-,27+,28-/m0/s1. The van der Waals surface area contributed by atoms with Crippen LogP contribution in [0.3, 0.4) is 0 Å². The molecule has 1 aliphatic carbocycles. The Hall–Kier alpha value is -3.46. The van der Waals surface area contributed by atoms with Crippen molar-refractivity contribution in [1.82, 2.24) is 15.1 Å². The summed E-state index contributed by atoms with van der Waals surface area (Å²) in [7, 11) is -3.64. The summed E-state index contributed by atoms with van der Waals surface area (Å²) in [6.07, 6.45) is 3.52. The molecule has 2 aliphatic rings. The van der Waals surface area contributed by atoms with Crippen LogP contribution in [0.1, 0.15) is 70.5 Å². The highest BCUT2D eigenvalue weighted by molar-refractivity contribution is 7.88. The Balaban J connectivity index is 1.57. The zero-order valence-electron chi connectivity index (χ0n) is 24.2. The molecule has 2 amide bonds. The van der Waals surface area contributed by atoms with E-state index in [0.29, 0.717) is 33.7 Å². The number of rotatable bonds is 9. The van der Waals surface area contributed by atoms with Gasteiger partial charge in [-0.15, -0.1) is 0 Å². The molecule has 240 valence electrons. The molecule has 3 aromatic rings. The van der Waals surface area contributed by atoms with Crippen LogP contribution in [0.2, 0.25) is 10.0 Å². The number of hydrogen-bond acceptors (Lipinski definition) is 8. The highest BCUT2D eigenvalue weighted by Gasteiger charge is 2.49. The van der Waals surface area contributed by atoms with Gasteiger partial charge in [0, 0.05) is 33.8 Å². The Labute approximate surface area is 270 Å². The summed E-state index contributed by atoms with van der Waals surface area (Å²) in [6.45, 7) is -1.12. The van der Waals surface area contributed by atoms with Crippen molar-refractivity contribution < 1.29 is 37.8 Å². The van der Waals surface area contributed by atoms with E-state index in [0.717, 1.165) is 19.1 Å². The minimum Gasteiger partial charge on any atom is -0.618 e.